The highest BCUT2D eigenvalue weighted by Gasteiger charge is 2.38. The van der Waals surface area contributed by atoms with Crippen LogP contribution in [-0.4, -0.2) is 68.4 Å². The summed E-state index contributed by atoms with van der Waals surface area (Å²) in [6.45, 7) is 4.92. The minimum atomic E-state index is -2.01. The molecule has 15 heavy (non-hydrogen) atoms. The summed E-state index contributed by atoms with van der Waals surface area (Å²) in [7, 11) is 32.3. The summed E-state index contributed by atoms with van der Waals surface area (Å²) < 4.78 is 0. The molecule has 0 fully saturated rings. The van der Waals surface area contributed by atoms with Crippen LogP contribution in [0.25, 0.3) is 0 Å². The van der Waals surface area contributed by atoms with E-state index in [9.17, 15) is 4.79 Å². The fourth-order valence-electron chi connectivity index (χ4n) is 1.02. The third-order valence-corrected chi connectivity index (χ3v) is 1.62. The monoisotopic (exact) mass is 189 g/mol. The minimum Gasteiger partial charge on any atom is -0.382 e. The molecule has 66 valence electrons. The predicted molar refractivity (Wildman–Crippen MR) is 66.3 cm³/mol. The lowest BCUT2D eigenvalue weighted by Crippen LogP contribution is -2.67. The molecule has 0 aromatic heterocycles. The molecule has 2 nitrogen and oxygen atoms in total. The van der Waals surface area contributed by atoms with Crippen molar-refractivity contribution < 1.29 is 4.79 Å². The fraction of sp³-hybridized carbons (Fsp3) is 0.857. The first kappa shape index (κ1) is 14.9. The molecule has 0 aliphatic heterocycles. The minimum absolute atomic E-state index is 0.539. The SMILES string of the molecule is [B]C([B])([B])N(C(=O)C(C)(C)C)C([B])([B])[B]. The number of amides is 1. The molecule has 0 aromatic carbocycles. The van der Waals surface area contributed by atoms with E-state index < -0.39 is 21.8 Å². The van der Waals surface area contributed by atoms with Crippen LogP contribution in [0.5, 0.6) is 0 Å². The first-order valence-corrected chi connectivity index (χ1v) is 4.36. The average molecular weight is 188 g/mol. The molecule has 0 saturated heterocycles. The summed E-state index contributed by atoms with van der Waals surface area (Å²) in [5, 5.41) is -4.02. The van der Waals surface area contributed by atoms with Crippen molar-refractivity contribution in [3.05, 3.63) is 0 Å². The summed E-state index contributed by atoms with van der Waals surface area (Å²) in [5.41, 5.74) is -0.799. The Morgan fingerprint density at radius 2 is 1.13 bits per heavy atom. The summed E-state index contributed by atoms with van der Waals surface area (Å²) in [4.78, 5) is 12.6. The van der Waals surface area contributed by atoms with Gasteiger partial charge in [-0.1, -0.05) is 31.2 Å². The van der Waals surface area contributed by atoms with Crippen molar-refractivity contribution in [3.8, 4) is 0 Å². The smallest absolute Gasteiger partial charge is 0.224 e. The topological polar surface area (TPSA) is 20.3 Å². The van der Waals surface area contributed by atoms with E-state index in [4.69, 9.17) is 47.1 Å². The van der Waals surface area contributed by atoms with Gasteiger partial charge in [0.15, 0.2) is 0 Å². The third kappa shape index (κ3) is 4.08. The van der Waals surface area contributed by atoms with Gasteiger partial charge in [-0.05, 0) is 0 Å². The Labute approximate surface area is 99.8 Å². The van der Waals surface area contributed by atoms with Crippen LogP contribution in [0.15, 0.2) is 0 Å². The van der Waals surface area contributed by atoms with E-state index >= 15 is 0 Å². The highest BCUT2D eigenvalue weighted by molar-refractivity contribution is 6.64. The van der Waals surface area contributed by atoms with Crippen molar-refractivity contribution in [1.29, 1.82) is 0 Å². The Kier molecular flexibility index (Phi) is 3.99. The van der Waals surface area contributed by atoms with E-state index in [0.29, 0.717) is 4.90 Å². The molecular weight excluding hydrogens is 179 g/mol. The zero-order valence-electron chi connectivity index (χ0n) is 9.32. The summed E-state index contributed by atoms with van der Waals surface area (Å²) in [6.07, 6.45) is 0. The van der Waals surface area contributed by atoms with Gasteiger partial charge in [0, 0.05) is 5.41 Å². The van der Waals surface area contributed by atoms with Gasteiger partial charge >= 0.3 is 0 Å². The zero-order valence-corrected chi connectivity index (χ0v) is 9.32. The fourth-order valence-corrected chi connectivity index (χ4v) is 1.02. The Morgan fingerprint density at radius 1 is 0.867 bits per heavy atom. The van der Waals surface area contributed by atoms with Crippen LogP contribution in [0.3, 0.4) is 0 Å². The van der Waals surface area contributed by atoms with Crippen LogP contribution >= 0.6 is 0 Å². The quantitative estimate of drug-likeness (QED) is 0.463. The second kappa shape index (κ2) is 4.03. The molecule has 0 unspecified atom stereocenters. The Bertz CT molecular complexity index is 234. The van der Waals surface area contributed by atoms with Crippen molar-refractivity contribution in [3.63, 3.8) is 0 Å². The van der Waals surface area contributed by atoms with Crippen LogP contribution in [0.4, 0.5) is 0 Å². The van der Waals surface area contributed by atoms with Gasteiger partial charge in [-0.3, -0.25) is 4.79 Å². The maximum absolute atomic E-state index is 11.9. The highest BCUT2D eigenvalue weighted by Crippen LogP contribution is 2.23. The second-order valence-electron chi connectivity index (χ2n) is 4.67. The second-order valence-corrected chi connectivity index (χ2v) is 4.67. The zero-order chi connectivity index (χ0) is 12.7. The van der Waals surface area contributed by atoms with Crippen molar-refractivity contribution in [2.45, 2.75) is 31.2 Å². The molecule has 0 aliphatic rings. The van der Waals surface area contributed by atoms with Gasteiger partial charge in [0.1, 0.15) is 0 Å². The third-order valence-electron chi connectivity index (χ3n) is 1.62. The molecular formula is C7H9B6NO. The van der Waals surface area contributed by atoms with Crippen molar-refractivity contribution in [2.75, 3.05) is 0 Å². The van der Waals surface area contributed by atoms with Crippen molar-refractivity contribution >= 4 is 53.0 Å². The molecule has 0 bridgehead atoms. The molecule has 0 rings (SSSR count). The van der Waals surface area contributed by atoms with E-state index in [0.717, 1.165) is 0 Å². The highest BCUT2D eigenvalue weighted by atomic mass is 16.2. The van der Waals surface area contributed by atoms with Crippen LogP contribution < -0.4 is 0 Å². The number of rotatable bonds is 2. The Morgan fingerprint density at radius 3 is 1.20 bits per heavy atom. The lowest BCUT2D eigenvalue weighted by molar-refractivity contribution is -0.140. The molecule has 0 atom stereocenters. The maximum atomic E-state index is 11.9. The first-order chi connectivity index (χ1) is 6.28. The van der Waals surface area contributed by atoms with E-state index in [1.165, 1.54) is 0 Å². The number of carbonyl (C=O) groups excluding carboxylic acids is 1. The van der Waals surface area contributed by atoms with Gasteiger partial charge in [0.25, 0.3) is 0 Å². The molecule has 1 amide bonds. The van der Waals surface area contributed by atoms with Gasteiger partial charge in [0.05, 0.1) is 47.1 Å². The molecule has 0 heterocycles. The van der Waals surface area contributed by atoms with Gasteiger partial charge < -0.3 is 4.90 Å². The number of hydrogen-bond donors (Lipinski definition) is 0. The van der Waals surface area contributed by atoms with Gasteiger partial charge in [-0.15, -0.1) is 0 Å². The lowest BCUT2D eigenvalue weighted by Gasteiger charge is -2.51. The van der Waals surface area contributed by atoms with Gasteiger partial charge in [-0.25, -0.2) is 0 Å². The molecule has 12 radical (unpaired) electrons. The predicted octanol–water partition coefficient (Wildman–Crippen LogP) is -1.91. The molecule has 0 aliphatic carbocycles. The standard InChI is InChI=1S/C7H9B6NO/c1-5(2,3)4(15)14(6(8,9)10)7(11,12)13/h1-3H3. The van der Waals surface area contributed by atoms with E-state index in [-0.39, 0.29) is 0 Å². The van der Waals surface area contributed by atoms with Crippen LogP contribution in [0.2, 0.25) is 0 Å². The number of nitrogens with zero attached hydrogens (tertiary/aromatic N) is 1. The van der Waals surface area contributed by atoms with Crippen LogP contribution in [0, 0.1) is 5.41 Å². The number of hydrogen-bond acceptors (Lipinski definition) is 1. The molecule has 0 saturated carbocycles. The number of carbonyl (C=O) groups is 1. The van der Waals surface area contributed by atoms with Crippen LogP contribution in [-0.2, 0) is 4.79 Å². The van der Waals surface area contributed by atoms with Gasteiger partial charge in [-0.2, -0.15) is 0 Å². The normalized spacial score (nSPS) is 13.5. The summed E-state index contributed by atoms with van der Waals surface area (Å²) in [5.74, 6) is -0.539. The van der Waals surface area contributed by atoms with Gasteiger partial charge in [0.2, 0.25) is 5.91 Å². The van der Waals surface area contributed by atoms with E-state index in [2.05, 4.69) is 0 Å². The Balaban J connectivity index is 5.26. The molecule has 0 N–H and O–H groups in total. The summed E-state index contributed by atoms with van der Waals surface area (Å²) >= 11 is 0. The lowest BCUT2D eigenvalue weighted by atomic mass is 9.40. The first-order valence-electron chi connectivity index (χ1n) is 4.36. The van der Waals surface area contributed by atoms with E-state index in [1.54, 1.807) is 20.8 Å². The maximum Gasteiger partial charge on any atom is 0.224 e. The summed E-state index contributed by atoms with van der Waals surface area (Å²) in [6, 6.07) is 0. The molecule has 0 aromatic rings. The van der Waals surface area contributed by atoms with E-state index in [1.807, 2.05) is 0 Å². The Hall–Kier alpha value is -0.140. The molecule has 0 spiro atoms. The largest absolute Gasteiger partial charge is 0.382 e. The molecule has 8 heteroatoms. The van der Waals surface area contributed by atoms with Crippen molar-refractivity contribution in [1.82, 2.24) is 4.90 Å². The van der Waals surface area contributed by atoms with Crippen molar-refractivity contribution in [2.24, 2.45) is 5.41 Å². The average Bonchev–Trinajstić information content (AvgIpc) is 1.76. The van der Waals surface area contributed by atoms with Crippen LogP contribution in [0.1, 0.15) is 20.8 Å².